The van der Waals surface area contributed by atoms with Crippen molar-refractivity contribution in [3.8, 4) is 0 Å². The summed E-state index contributed by atoms with van der Waals surface area (Å²) in [6.07, 6.45) is 8.31. The third-order valence-electron chi connectivity index (χ3n) is 7.99. The molecule has 0 radical (unpaired) electrons. The molecule has 0 spiro atoms. The Balaban J connectivity index is 1.28. The summed E-state index contributed by atoms with van der Waals surface area (Å²) in [5.74, 6) is 1.61. The molecule has 2 heterocycles. The Morgan fingerprint density at radius 2 is 1.71 bits per heavy atom. The minimum absolute atomic E-state index is 0.270. The molecule has 0 bridgehead atoms. The Bertz CT molecular complexity index is 890. The molecule has 1 amide bonds. The number of ether oxygens (including phenoxy) is 1. The SMILES string of the molecule is CCN(C(=O)Cc1ccc(SC)cc1)C1CCN(CCC(c2ccccc2)C2CCOCC2)CC1. The fourth-order valence-corrected chi connectivity index (χ4v) is 6.34. The first kappa shape index (κ1) is 26.2. The fraction of sp³-hybridized carbons (Fsp3) is 0.567. The highest BCUT2D eigenvalue weighted by atomic mass is 32.2. The molecule has 1 unspecified atom stereocenters. The lowest BCUT2D eigenvalue weighted by molar-refractivity contribution is -0.133. The summed E-state index contributed by atoms with van der Waals surface area (Å²) in [5.41, 5.74) is 2.60. The largest absolute Gasteiger partial charge is 0.381 e. The number of likely N-dealkylation sites (N-methyl/N-ethyl adjacent to an activating group) is 1. The number of thioether (sulfide) groups is 1. The van der Waals surface area contributed by atoms with Crippen LogP contribution in [0.1, 0.15) is 56.1 Å². The van der Waals surface area contributed by atoms with Gasteiger partial charge >= 0.3 is 0 Å². The fourth-order valence-electron chi connectivity index (χ4n) is 5.93. The van der Waals surface area contributed by atoms with Crippen molar-refractivity contribution < 1.29 is 9.53 Å². The van der Waals surface area contributed by atoms with Gasteiger partial charge in [-0.2, -0.15) is 0 Å². The van der Waals surface area contributed by atoms with Crippen LogP contribution in [0.5, 0.6) is 0 Å². The average Bonchev–Trinajstić information content (AvgIpc) is 2.92. The van der Waals surface area contributed by atoms with E-state index in [4.69, 9.17) is 4.74 Å². The van der Waals surface area contributed by atoms with Crippen LogP contribution in [0.4, 0.5) is 0 Å². The first-order chi connectivity index (χ1) is 17.2. The molecule has 35 heavy (non-hydrogen) atoms. The lowest BCUT2D eigenvalue weighted by Gasteiger charge is -2.39. The standard InChI is InChI=1S/C30H42N2O2S/c1-3-32(30(33)23-24-9-11-28(35-2)12-10-24)27-13-18-31(19-14-27)20-15-29(25-7-5-4-6-8-25)26-16-21-34-22-17-26/h4-12,26-27,29H,3,13-23H2,1-2H3. The molecule has 0 aromatic heterocycles. The number of hydrogen-bond acceptors (Lipinski definition) is 4. The van der Waals surface area contributed by atoms with Crippen LogP contribution >= 0.6 is 11.8 Å². The molecule has 0 N–H and O–H groups in total. The van der Waals surface area contributed by atoms with Crippen molar-refractivity contribution in [2.75, 3.05) is 45.6 Å². The zero-order valence-corrected chi connectivity index (χ0v) is 22.3. The Labute approximate surface area is 216 Å². The van der Waals surface area contributed by atoms with Crippen LogP contribution in [-0.2, 0) is 16.0 Å². The maximum absolute atomic E-state index is 13.1. The molecule has 4 nitrogen and oxygen atoms in total. The van der Waals surface area contributed by atoms with E-state index in [1.165, 1.54) is 29.7 Å². The highest BCUT2D eigenvalue weighted by Gasteiger charge is 2.29. The van der Waals surface area contributed by atoms with Crippen LogP contribution in [0.3, 0.4) is 0 Å². The number of piperidine rings is 1. The van der Waals surface area contributed by atoms with Crippen LogP contribution in [0.25, 0.3) is 0 Å². The van der Waals surface area contributed by atoms with E-state index in [0.717, 1.165) is 63.7 Å². The smallest absolute Gasteiger partial charge is 0.227 e. The van der Waals surface area contributed by atoms with Crippen LogP contribution in [-0.4, -0.2) is 67.4 Å². The second kappa shape index (κ2) is 13.5. The number of carbonyl (C=O) groups excluding carboxylic acids is 1. The van der Waals surface area contributed by atoms with Gasteiger partial charge in [-0.3, -0.25) is 4.79 Å². The summed E-state index contributed by atoms with van der Waals surface area (Å²) in [4.78, 5) is 19.1. The number of nitrogens with zero attached hydrogens (tertiary/aromatic N) is 2. The number of rotatable bonds is 10. The van der Waals surface area contributed by atoms with Crippen molar-refractivity contribution in [1.29, 1.82) is 0 Å². The van der Waals surface area contributed by atoms with Crippen molar-refractivity contribution in [3.05, 3.63) is 65.7 Å². The number of benzene rings is 2. The zero-order valence-electron chi connectivity index (χ0n) is 21.5. The highest BCUT2D eigenvalue weighted by Crippen LogP contribution is 2.35. The summed E-state index contributed by atoms with van der Waals surface area (Å²) in [7, 11) is 0. The van der Waals surface area contributed by atoms with Gasteiger partial charge in [0, 0.05) is 43.8 Å². The normalized spacial score (nSPS) is 18.9. The number of likely N-dealkylation sites (tertiary alicyclic amines) is 1. The third kappa shape index (κ3) is 7.34. The molecule has 4 rings (SSSR count). The number of carbonyl (C=O) groups is 1. The first-order valence-electron chi connectivity index (χ1n) is 13.5. The molecule has 2 aromatic carbocycles. The molecular formula is C30H42N2O2S. The predicted octanol–water partition coefficient (Wildman–Crippen LogP) is 5.86. The number of hydrogen-bond donors (Lipinski definition) is 0. The van der Waals surface area contributed by atoms with Crippen LogP contribution in [0.15, 0.2) is 59.5 Å². The summed E-state index contributed by atoms with van der Waals surface area (Å²) in [6, 6.07) is 19.9. The van der Waals surface area contributed by atoms with Gasteiger partial charge < -0.3 is 14.5 Å². The van der Waals surface area contributed by atoms with Crippen molar-refractivity contribution in [1.82, 2.24) is 9.80 Å². The molecule has 0 aliphatic carbocycles. The highest BCUT2D eigenvalue weighted by molar-refractivity contribution is 7.98. The Kier molecular flexibility index (Phi) is 10.1. The maximum atomic E-state index is 13.1. The Morgan fingerprint density at radius 3 is 2.34 bits per heavy atom. The van der Waals surface area contributed by atoms with E-state index in [9.17, 15) is 4.79 Å². The molecule has 2 aromatic rings. The topological polar surface area (TPSA) is 32.8 Å². The molecule has 190 valence electrons. The van der Waals surface area contributed by atoms with Crippen LogP contribution in [0, 0.1) is 5.92 Å². The van der Waals surface area contributed by atoms with Gasteiger partial charge in [0.25, 0.3) is 0 Å². The Hall–Kier alpha value is -1.82. The summed E-state index contributed by atoms with van der Waals surface area (Å²) in [6.45, 7) is 8.06. The van der Waals surface area contributed by atoms with Gasteiger partial charge in [-0.05, 0) is 86.9 Å². The molecule has 2 aliphatic heterocycles. The van der Waals surface area contributed by atoms with Crippen LogP contribution < -0.4 is 0 Å². The molecular weight excluding hydrogens is 452 g/mol. The Morgan fingerprint density at radius 1 is 1.03 bits per heavy atom. The maximum Gasteiger partial charge on any atom is 0.227 e. The molecule has 0 saturated carbocycles. The second-order valence-electron chi connectivity index (χ2n) is 10.0. The lowest BCUT2D eigenvalue weighted by Crippen LogP contribution is -2.48. The van der Waals surface area contributed by atoms with Crippen LogP contribution in [0.2, 0.25) is 0 Å². The zero-order chi connectivity index (χ0) is 24.5. The molecule has 2 saturated heterocycles. The van der Waals surface area contributed by atoms with E-state index in [-0.39, 0.29) is 5.91 Å². The molecule has 2 aliphatic rings. The van der Waals surface area contributed by atoms with Gasteiger partial charge in [-0.25, -0.2) is 0 Å². The second-order valence-corrected chi connectivity index (χ2v) is 10.9. The first-order valence-corrected chi connectivity index (χ1v) is 14.7. The summed E-state index contributed by atoms with van der Waals surface area (Å²) in [5, 5.41) is 0. The lowest BCUT2D eigenvalue weighted by atomic mass is 9.79. The van der Waals surface area contributed by atoms with E-state index in [1.54, 1.807) is 11.8 Å². The van der Waals surface area contributed by atoms with Crippen molar-refractivity contribution >= 4 is 17.7 Å². The van der Waals surface area contributed by atoms with E-state index >= 15 is 0 Å². The van der Waals surface area contributed by atoms with E-state index < -0.39 is 0 Å². The van der Waals surface area contributed by atoms with E-state index in [0.29, 0.717) is 18.4 Å². The minimum atomic E-state index is 0.270. The van der Waals surface area contributed by atoms with Crippen molar-refractivity contribution in [2.45, 2.75) is 62.3 Å². The summed E-state index contributed by atoms with van der Waals surface area (Å²) < 4.78 is 5.65. The molecule has 5 heteroatoms. The van der Waals surface area contributed by atoms with Gasteiger partial charge in [0.1, 0.15) is 0 Å². The van der Waals surface area contributed by atoms with E-state index in [1.807, 2.05) is 0 Å². The van der Waals surface area contributed by atoms with Crippen molar-refractivity contribution in [3.63, 3.8) is 0 Å². The van der Waals surface area contributed by atoms with Gasteiger partial charge in [-0.1, -0.05) is 42.5 Å². The minimum Gasteiger partial charge on any atom is -0.381 e. The van der Waals surface area contributed by atoms with Crippen molar-refractivity contribution in [2.24, 2.45) is 5.92 Å². The monoisotopic (exact) mass is 494 g/mol. The van der Waals surface area contributed by atoms with E-state index in [2.05, 4.69) is 77.6 Å². The predicted molar refractivity (Wildman–Crippen MR) is 146 cm³/mol. The number of amides is 1. The molecule has 2 fully saturated rings. The quantitative estimate of drug-likeness (QED) is 0.387. The van der Waals surface area contributed by atoms with Gasteiger partial charge in [0.2, 0.25) is 5.91 Å². The third-order valence-corrected chi connectivity index (χ3v) is 8.74. The van der Waals surface area contributed by atoms with Gasteiger partial charge in [0.15, 0.2) is 0 Å². The average molecular weight is 495 g/mol. The molecule has 1 atom stereocenters. The van der Waals surface area contributed by atoms with Gasteiger partial charge in [-0.15, -0.1) is 11.8 Å². The van der Waals surface area contributed by atoms with Gasteiger partial charge in [0.05, 0.1) is 6.42 Å². The summed E-state index contributed by atoms with van der Waals surface area (Å²) >= 11 is 1.74.